The van der Waals surface area contributed by atoms with E-state index in [-0.39, 0.29) is 6.10 Å². The molecule has 2 atom stereocenters. The molecule has 5 heteroatoms. The molecule has 1 aliphatic rings. The Kier molecular flexibility index (Phi) is 5.11. The fraction of sp³-hybridized carbons (Fsp3) is 0.368. The fourth-order valence-electron chi connectivity index (χ4n) is 3.05. The van der Waals surface area contributed by atoms with E-state index in [2.05, 4.69) is 12.2 Å². The first-order chi connectivity index (χ1) is 11.7. The van der Waals surface area contributed by atoms with Crippen LogP contribution in [-0.4, -0.2) is 19.2 Å². The molecule has 1 aliphatic heterocycles. The predicted octanol–water partition coefficient (Wildman–Crippen LogP) is 3.41. The molecule has 2 aromatic rings. The third-order valence-corrected chi connectivity index (χ3v) is 4.41. The van der Waals surface area contributed by atoms with Crippen molar-refractivity contribution in [2.75, 3.05) is 24.6 Å². The Labute approximate surface area is 142 Å². The summed E-state index contributed by atoms with van der Waals surface area (Å²) in [6.45, 7) is 4.27. The van der Waals surface area contributed by atoms with Crippen LogP contribution >= 0.6 is 0 Å². The quantitative estimate of drug-likeness (QED) is 0.708. The molecule has 2 unspecified atom stereocenters. The zero-order valence-corrected chi connectivity index (χ0v) is 14.0. The Morgan fingerprint density at radius 3 is 2.58 bits per heavy atom. The van der Waals surface area contributed by atoms with Crippen molar-refractivity contribution >= 4 is 11.4 Å². The first kappa shape index (κ1) is 16.5. The highest BCUT2D eigenvalue weighted by Gasteiger charge is 2.25. The molecule has 5 nitrogen and oxygen atoms in total. The van der Waals surface area contributed by atoms with Crippen LogP contribution in [0.25, 0.3) is 0 Å². The number of nitrogens with two attached hydrogens (primary N) is 2. The van der Waals surface area contributed by atoms with Gasteiger partial charge in [-0.05, 0) is 43.7 Å². The monoisotopic (exact) mass is 327 g/mol. The Hall–Kier alpha value is -2.40. The van der Waals surface area contributed by atoms with Crippen molar-refractivity contribution in [2.45, 2.75) is 25.9 Å². The van der Waals surface area contributed by atoms with Crippen LogP contribution in [0.5, 0.6) is 17.2 Å². The Morgan fingerprint density at radius 2 is 1.88 bits per heavy atom. The van der Waals surface area contributed by atoms with E-state index < -0.39 is 0 Å². The van der Waals surface area contributed by atoms with Gasteiger partial charge in [0.05, 0.1) is 11.4 Å². The number of hydrogen-bond acceptors (Lipinski definition) is 5. The van der Waals surface area contributed by atoms with Crippen molar-refractivity contribution in [3.8, 4) is 17.2 Å². The first-order valence-electron chi connectivity index (χ1n) is 8.46. The molecule has 2 aromatic carbocycles. The number of nitrogen functional groups attached to an aromatic ring is 2. The van der Waals surface area contributed by atoms with Gasteiger partial charge >= 0.3 is 0 Å². The lowest BCUT2D eigenvalue weighted by atomic mass is 9.99. The normalized spacial score (nSPS) is 18.3. The Bertz CT molecular complexity index is 684. The van der Waals surface area contributed by atoms with E-state index in [1.807, 2.05) is 24.3 Å². The summed E-state index contributed by atoms with van der Waals surface area (Å²) < 4.78 is 12.1. The van der Waals surface area contributed by atoms with Crippen molar-refractivity contribution < 1.29 is 9.47 Å². The zero-order chi connectivity index (χ0) is 16.9. The van der Waals surface area contributed by atoms with Gasteiger partial charge < -0.3 is 26.3 Å². The summed E-state index contributed by atoms with van der Waals surface area (Å²) in [7, 11) is 0. The molecule has 0 radical (unpaired) electrons. The van der Waals surface area contributed by atoms with E-state index in [1.54, 1.807) is 18.2 Å². The molecule has 0 bridgehead atoms. The minimum absolute atomic E-state index is 0.224. The number of hydrogen-bond donors (Lipinski definition) is 3. The SMILES string of the molecule is CCC(Oc1cccc(Oc2ccc(N)c(N)c2)c1)C1CCNC1. The average molecular weight is 327 g/mol. The number of nitrogens with one attached hydrogen (secondary N) is 1. The second-order valence-electron chi connectivity index (χ2n) is 6.19. The number of rotatable bonds is 6. The Morgan fingerprint density at radius 1 is 1.08 bits per heavy atom. The first-order valence-corrected chi connectivity index (χ1v) is 8.46. The summed E-state index contributed by atoms with van der Waals surface area (Å²) in [5.74, 6) is 2.77. The minimum Gasteiger partial charge on any atom is -0.490 e. The maximum Gasteiger partial charge on any atom is 0.131 e. The van der Waals surface area contributed by atoms with Crippen LogP contribution in [0.15, 0.2) is 42.5 Å². The van der Waals surface area contributed by atoms with Crippen molar-refractivity contribution in [3.05, 3.63) is 42.5 Å². The second kappa shape index (κ2) is 7.45. The van der Waals surface area contributed by atoms with E-state index in [9.17, 15) is 0 Å². The second-order valence-corrected chi connectivity index (χ2v) is 6.19. The Balaban J connectivity index is 1.70. The molecule has 24 heavy (non-hydrogen) atoms. The van der Waals surface area contributed by atoms with Gasteiger partial charge in [0.1, 0.15) is 23.4 Å². The van der Waals surface area contributed by atoms with Crippen LogP contribution < -0.4 is 26.3 Å². The lowest BCUT2D eigenvalue weighted by molar-refractivity contribution is 0.138. The molecule has 5 N–H and O–H groups in total. The van der Waals surface area contributed by atoms with Gasteiger partial charge in [-0.15, -0.1) is 0 Å². The molecule has 1 saturated heterocycles. The largest absolute Gasteiger partial charge is 0.490 e. The van der Waals surface area contributed by atoms with Crippen molar-refractivity contribution in [1.29, 1.82) is 0 Å². The number of benzene rings is 2. The summed E-state index contributed by atoms with van der Waals surface area (Å²) in [5, 5.41) is 3.40. The maximum absolute atomic E-state index is 6.20. The average Bonchev–Trinajstić information content (AvgIpc) is 3.11. The summed E-state index contributed by atoms with van der Waals surface area (Å²) in [5.41, 5.74) is 12.6. The van der Waals surface area contributed by atoms with Crippen LogP contribution in [0.2, 0.25) is 0 Å². The molecule has 0 amide bonds. The topological polar surface area (TPSA) is 82.5 Å². The van der Waals surface area contributed by atoms with Crippen molar-refractivity contribution in [1.82, 2.24) is 5.32 Å². The standard InChI is InChI=1S/C19H25N3O2/c1-2-19(13-8-9-22-12-13)24-15-5-3-4-14(10-15)23-16-6-7-17(20)18(21)11-16/h3-7,10-11,13,19,22H,2,8-9,12,20-21H2,1H3. The third kappa shape index (κ3) is 3.92. The lowest BCUT2D eigenvalue weighted by Gasteiger charge is -2.23. The van der Waals surface area contributed by atoms with Gasteiger partial charge in [-0.3, -0.25) is 0 Å². The van der Waals surface area contributed by atoms with Gasteiger partial charge in [0.2, 0.25) is 0 Å². The maximum atomic E-state index is 6.20. The van der Waals surface area contributed by atoms with Crippen LogP contribution in [0.4, 0.5) is 11.4 Å². The lowest BCUT2D eigenvalue weighted by Crippen LogP contribution is -2.28. The van der Waals surface area contributed by atoms with Crippen LogP contribution in [-0.2, 0) is 0 Å². The third-order valence-electron chi connectivity index (χ3n) is 4.41. The van der Waals surface area contributed by atoms with Gasteiger partial charge in [0.15, 0.2) is 0 Å². The molecule has 0 spiro atoms. The summed E-state index contributed by atoms with van der Waals surface area (Å²) in [4.78, 5) is 0. The van der Waals surface area contributed by atoms with Gasteiger partial charge in [0, 0.05) is 24.6 Å². The molecule has 0 aliphatic carbocycles. The molecule has 1 fully saturated rings. The van der Waals surface area contributed by atoms with E-state index in [0.29, 0.717) is 23.0 Å². The number of ether oxygens (including phenoxy) is 2. The highest BCUT2D eigenvalue weighted by Crippen LogP contribution is 2.30. The highest BCUT2D eigenvalue weighted by molar-refractivity contribution is 5.65. The van der Waals surface area contributed by atoms with E-state index in [1.165, 1.54) is 6.42 Å². The van der Waals surface area contributed by atoms with E-state index >= 15 is 0 Å². The molecule has 0 aromatic heterocycles. The molecule has 0 saturated carbocycles. The van der Waals surface area contributed by atoms with Gasteiger partial charge in [-0.25, -0.2) is 0 Å². The van der Waals surface area contributed by atoms with Gasteiger partial charge in [0.25, 0.3) is 0 Å². The van der Waals surface area contributed by atoms with Crippen molar-refractivity contribution in [2.24, 2.45) is 5.92 Å². The van der Waals surface area contributed by atoms with Crippen LogP contribution in [0, 0.1) is 5.92 Å². The zero-order valence-electron chi connectivity index (χ0n) is 14.0. The van der Waals surface area contributed by atoms with Gasteiger partial charge in [-0.1, -0.05) is 13.0 Å². The number of anilines is 2. The molecular formula is C19H25N3O2. The summed E-state index contributed by atoms with van der Waals surface area (Å²) in [6.07, 6.45) is 2.38. The summed E-state index contributed by atoms with van der Waals surface area (Å²) >= 11 is 0. The van der Waals surface area contributed by atoms with Crippen LogP contribution in [0.3, 0.4) is 0 Å². The smallest absolute Gasteiger partial charge is 0.131 e. The van der Waals surface area contributed by atoms with E-state index in [0.717, 1.165) is 31.0 Å². The molecular weight excluding hydrogens is 302 g/mol. The van der Waals surface area contributed by atoms with Crippen LogP contribution in [0.1, 0.15) is 19.8 Å². The van der Waals surface area contributed by atoms with Crippen molar-refractivity contribution in [3.63, 3.8) is 0 Å². The minimum atomic E-state index is 0.224. The summed E-state index contributed by atoms with van der Waals surface area (Å²) in [6, 6.07) is 13.0. The van der Waals surface area contributed by atoms with E-state index in [4.69, 9.17) is 20.9 Å². The fourth-order valence-corrected chi connectivity index (χ4v) is 3.05. The molecule has 1 heterocycles. The van der Waals surface area contributed by atoms with Gasteiger partial charge in [-0.2, -0.15) is 0 Å². The highest BCUT2D eigenvalue weighted by atomic mass is 16.5. The predicted molar refractivity (Wildman–Crippen MR) is 97.5 cm³/mol. The molecule has 3 rings (SSSR count). The molecule has 128 valence electrons.